The molecule has 3 aromatic rings. The van der Waals surface area contributed by atoms with E-state index in [9.17, 15) is 9.59 Å². The van der Waals surface area contributed by atoms with Gasteiger partial charge < -0.3 is 10.2 Å². The number of para-hydroxylation sites is 1. The van der Waals surface area contributed by atoms with E-state index in [0.29, 0.717) is 19.4 Å². The molecule has 2 aromatic carbocycles. The lowest BCUT2D eigenvalue weighted by atomic mass is 9.73. The predicted molar refractivity (Wildman–Crippen MR) is 117 cm³/mol. The Labute approximate surface area is 176 Å². The number of carbonyl (C=O) groups is 2. The molecule has 1 N–H and O–H groups in total. The molecular formula is C25H25N3O2. The monoisotopic (exact) mass is 399 g/mol. The first-order valence-corrected chi connectivity index (χ1v) is 10.2. The van der Waals surface area contributed by atoms with E-state index in [4.69, 9.17) is 0 Å². The van der Waals surface area contributed by atoms with Gasteiger partial charge in [0, 0.05) is 38.1 Å². The van der Waals surface area contributed by atoms with Crippen molar-refractivity contribution in [2.45, 2.75) is 24.7 Å². The highest BCUT2D eigenvalue weighted by molar-refractivity contribution is 6.09. The summed E-state index contributed by atoms with van der Waals surface area (Å²) in [5.41, 5.74) is 3.01. The zero-order valence-electron chi connectivity index (χ0n) is 17.0. The second-order valence-electron chi connectivity index (χ2n) is 7.76. The molecule has 1 aliphatic heterocycles. The van der Waals surface area contributed by atoms with E-state index in [0.717, 1.165) is 22.4 Å². The SMILES string of the molecule is CN1C(=O)[C@@](CC(=O)NCCc2cccnc2)(Cc2ccccc2)c2ccccc21. The number of pyridine rings is 1. The number of amides is 2. The highest BCUT2D eigenvalue weighted by Gasteiger charge is 2.50. The van der Waals surface area contributed by atoms with Gasteiger partial charge in [0.2, 0.25) is 11.8 Å². The number of rotatable bonds is 7. The van der Waals surface area contributed by atoms with E-state index in [-0.39, 0.29) is 18.2 Å². The summed E-state index contributed by atoms with van der Waals surface area (Å²) in [4.78, 5) is 32.2. The van der Waals surface area contributed by atoms with E-state index < -0.39 is 5.41 Å². The van der Waals surface area contributed by atoms with Crippen LogP contribution in [0.15, 0.2) is 79.1 Å². The highest BCUT2D eigenvalue weighted by Crippen LogP contribution is 2.45. The molecule has 152 valence electrons. The van der Waals surface area contributed by atoms with Gasteiger partial charge in [-0.05, 0) is 41.7 Å². The molecule has 0 fully saturated rings. The van der Waals surface area contributed by atoms with Crippen LogP contribution in [-0.2, 0) is 27.8 Å². The van der Waals surface area contributed by atoms with Crippen LogP contribution in [0.4, 0.5) is 5.69 Å². The first-order chi connectivity index (χ1) is 14.6. The molecule has 0 spiro atoms. The van der Waals surface area contributed by atoms with Crippen LogP contribution in [0.1, 0.15) is 23.1 Å². The van der Waals surface area contributed by atoms with Gasteiger partial charge in [0.25, 0.3) is 0 Å². The van der Waals surface area contributed by atoms with Crippen molar-refractivity contribution >= 4 is 17.5 Å². The third-order valence-electron chi connectivity index (χ3n) is 5.76. The summed E-state index contributed by atoms with van der Waals surface area (Å²) in [5, 5.41) is 3.00. The number of nitrogens with one attached hydrogen (secondary N) is 1. The number of carbonyl (C=O) groups excluding carboxylic acids is 2. The summed E-state index contributed by atoms with van der Waals surface area (Å²) in [6, 6.07) is 21.6. The van der Waals surface area contributed by atoms with Gasteiger partial charge in [-0.15, -0.1) is 0 Å². The molecule has 0 unspecified atom stereocenters. The highest BCUT2D eigenvalue weighted by atomic mass is 16.2. The molecule has 5 nitrogen and oxygen atoms in total. The average molecular weight is 399 g/mol. The van der Waals surface area contributed by atoms with Gasteiger partial charge >= 0.3 is 0 Å². The van der Waals surface area contributed by atoms with Gasteiger partial charge in [-0.1, -0.05) is 54.6 Å². The molecule has 0 bridgehead atoms. The Morgan fingerprint density at radius 1 is 1.00 bits per heavy atom. The molecule has 5 heteroatoms. The molecule has 0 saturated heterocycles. The average Bonchev–Trinajstić information content (AvgIpc) is 2.97. The first kappa shape index (κ1) is 19.8. The lowest BCUT2D eigenvalue weighted by molar-refractivity contribution is -0.129. The zero-order chi connectivity index (χ0) is 21.0. The zero-order valence-corrected chi connectivity index (χ0v) is 17.0. The largest absolute Gasteiger partial charge is 0.356 e. The molecule has 2 heterocycles. The van der Waals surface area contributed by atoms with E-state index in [1.807, 2.05) is 66.7 Å². The van der Waals surface area contributed by atoms with E-state index in [1.54, 1.807) is 24.3 Å². The molecule has 0 aliphatic carbocycles. The molecule has 30 heavy (non-hydrogen) atoms. The fourth-order valence-corrected chi connectivity index (χ4v) is 4.29. The third-order valence-corrected chi connectivity index (χ3v) is 5.76. The van der Waals surface area contributed by atoms with Gasteiger partial charge in [-0.25, -0.2) is 0 Å². The van der Waals surface area contributed by atoms with Crippen LogP contribution in [0.2, 0.25) is 0 Å². The summed E-state index contributed by atoms with van der Waals surface area (Å²) in [7, 11) is 1.79. The second kappa shape index (κ2) is 8.49. The standard InChI is InChI=1S/C25H25N3O2/c1-28-22-12-6-5-11-21(22)25(24(28)30,16-19-8-3-2-4-9-19)17-23(29)27-15-13-20-10-7-14-26-18-20/h2-12,14,18H,13,15-17H2,1H3,(H,27,29)/t25-/m1/s1. The molecule has 4 rings (SSSR count). The van der Waals surface area contributed by atoms with Crippen LogP contribution < -0.4 is 10.2 Å². The molecule has 1 atom stereocenters. The van der Waals surface area contributed by atoms with Crippen molar-refractivity contribution < 1.29 is 9.59 Å². The van der Waals surface area contributed by atoms with Crippen molar-refractivity contribution in [1.82, 2.24) is 10.3 Å². The van der Waals surface area contributed by atoms with Crippen LogP contribution in [0.5, 0.6) is 0 Å². The number of hydrogen-bond donors (Lipinski definition) is 1. The molecule has 0 radical (unpaired) electrons. The summed E-state index contributed by atoms with van der Waals surface area (Å²) in [6.45, 7) is 0.512. The molecular weight excluding hydrogens is 374 g/mol. The van der Waals surface area contributed by atoms with E-state index >= 15 is 0 Å². The Morgan fingerprint density at radius 3 is 2.50 bits per heavy atom. The smallest absolute Gasteiger partial charge is 0.238 e. The maximum atomic E-state index is 13.5. The fourth-order valence-electron chi connectivity index (χ4n) is 4.29. The van der Waals surface area contributed by atoms with Gasteiger partial charge in [0.1, 0.15) is 0 Å². The van der Waals surface area contributed by atoms with Gasteiger partial charge in [0.05, 0.1) is 5.41 Å². The van der Waals surface area contributed by atoms with Crippen molar-refractivity contribution in [2.24, 2.45) is 0 Å². The predicted octanol–water partition coefficient (Wildman–Crippen LogP) is 3.29. The molecule has 0 saturated carbocycles. The maximum absolute atomic E-state index is 13.5. The Hall–Kier alpha value is -3.47. The van der Waals surface area contributed by atoms with Crippen LogP contribution in [0.25, 0.3) is 0 Å². The van der Waals surface area contributed by atoms with Gasteiger partial charge in [-0.2, -0.15) is 0 Å². The fraction of sp³-hybridized carbons (Fsp3) is 0.240. The minimum atomic E-state index is -0.898. The minimum Gasteiger partial charge on any atom is -0.356 e. The molecule has 1 aromatic heterocycles. The topological polar surface area (TPSA) is 62.3 Å². The van der Waals surface area contributed by atoms with Crippen molar-refractivity contribution in [3.05, 3.63) is 95.8 Å². The lowest BCUT2D eigenvalue weighted by Crippen LogP contribution is -2.44. The Bertz CT molecular complexity index is 1040. The number of aromatic nitrogens is 1. The number of fused-ring (bicyclic) bond motifs is 1. The van der Waals surface area contributed by atoms with Crippen molar-refractivity contribution in [3.63, 3.8) is 0 Å². The van der Waals surface area contributed by atoms with Crippen LogP contribution in [-0.4, -0.2) is 30.4 Å². The summed E-state index contributed by atoms with van der Waals surface area (Å²) >= 11 is 0. The number of hydrogen-bond acceptors (Lipinski definition) is 3. The number of likely N-dealkylation sites (N-methyl/N-ethyl adjacent to an activating group) is 1. The Balaban J connectivity index is 1.57. The van der Waals surface area contributed by atoms with Crippen molar-refractivity contribution in [1.29, 1.82) is 0 Å². The summed E-state index contributed by atoms with van der Waals surface area (Å²) < 4.78 is 0. The van der Waals surface area contributed by atoms with Gasteiger partial charge in [0.15, 0.2) is 0 Å². The second-order valence-corrected chi connectivity index (χ2v) is 7.76. The van der Waals surface area contributed by atoms with Crippen molar-refractivity contribution in [2.75, 3.05) is 18.5 Å². The van der Waals surface area contributed by atoms with E-state index in [1.165, 1.54) is 0 Å². The van der Waals surface area contributed by atoms with Crippen LogP contribution >= 0.6 is 0 Å². The molecule has 1 aliphatic rings. The number of benzene rings is 2. The minimum absolute atomic E-state index is 0.0324. The normalized spacial score (nSPS) is 17.6. The number of nitrogens with zero attached hydrogens (tertiary/aromatic N) is 2. The Kier molecular flexibility index (Phi) is 5.61. The van der Waals surface area contributed by atoms with E-state index in [2.05, 4.69) is 10.3 Å². The summed E-state index contributed by atoms with van der Waals surface area (Å²) in [6.07, 6.45) is 4.85. The third kappa shape index (κ3) is 3.83. The Morgan fingerprint density at radius 2 is 1.73 bits per heavy atom. The maximum Gasteiger partial charge on any atom is 0.238 e. The quantitative estimate of drug-likeness (QED) is 0.663. The van der Waals surface area contributed by atoms with Crippen molar-refractivity contribution in [3.8, 4) is 0 Å². The van der Waals surface area contributed by atoms with Crippen LogP contribution in [0.3, 0.4) is 0 Å². The lowest BCUT2D eigenvalue weighted by Gasteiger charge is -2.28. The van der Waals surface area contributed by atoms with Crippen LogP contribution in [0, 0.1) is 0 Å². The van der Waals surface area contributed by atoms with Gasteiger partial charge in [-0.3, -0.25) is 14.6 Å². The summed E-state index contributed by atoms with van der Waals surface area (Å²) in [5.74, 6) is -0.150. The first-order valence-electron chi connectivity index (χ1n) is 10.2. The molecule has 2 amide bonds. The number of anilines is 1.